The summed E-state index contributed by atoms with van der Waals surface area (Å²) in [4.78, 5) is 16.9. The standard InChI is InChI=1S/C24H25Cl2N3O5S2/c1-24(2,3)19-10-12-20(13-11-19)28-23(30)18-8-6-17(7-9-18)22-21(5-4-14-27-22)29(35(31,32)15-25)36(33,34)16-26/h4-14H,15-16H2,1-3H3,(H,28,30). The number of nitrogens with zero attached hydrogens (tertiary/aromatic N) is 2. The predicted octanol–water partition coefficient (Wildman–Crippen LogP) is 5.16. The molecule has 1 aromatic heterocycles. The Morgan fingerprint density at radius 3 is 1.94 bits per heavy atom. The Labute approximate surface area is 221 Å². The molecule has 0 atom stereocenters. The van der Waals surface area contributed by atoms with Crippen molar-refractivity contribution in [1.29, 1.82) is 0 Å². The van der Waals surface area contributed by atoms with E-state index in [1.165, 1.54) is 30.5 Å². The van der Waals surface area contributed by atoms with Crippen molar-refractivity contribution in [2.24, 2.45) is 0 Å². The van der Waals surface area contributed by atoms with Crippen molar-refractivity contribution in [1.82, 2.24) is 4.98 Å². The molecule has 36 heavy (non-hydrogen) atoms. The number of amides is 1. The first-order chi connectivity index (χ1) is 16.8. The van der Waals surface area contributed by atoms with E-state index in [1.54, 1.807) is 12.1 Å². The van der Waals surface area contributed by atoms with Gasteiger partial charge in [-0.25, -0.2) is 16.8 Å². The molecule has 1 heterocycles. The van der Waals surface area contributed by atoms with Gasteiger partial charge in [0, 0.05) is 23.0 Å². The molecule has 192 valence electrons. The van der Waals surface area contributed by atoms with Gasteiger partial charge in [-0.3, -0.25) is 9.78 Å². The summed E-state index contributed by atoms with van der Waals surface area (Å²) in [6, 6.07) is 16.4. The second kappa shape index (κ2) is 10.8. The lowest BCUT2D eigenvalue weighted by molar-refractivity contribution is 0.102. The van der Waals surface area contributed by atoms with E-state index >= 15 is 0 Å². The molecule has 8 nitrogen and oxygen atoms in total. The van der Waals surface area contributed by atoms with E-state index < -0.39 is 30.5 Å². The van der Waals surface area contributed by atoms with Crippen LogP contribution in [0.25, 0.3) is 11.3 Å². The molecule has 3 rings (SSSR count). The van der Waals surface area contributed by atoms with E-state index in [2.05, 4.69) is 31.1 Å². The molecule has 0 saturated carbocycles. The van der Waals surface area contributed by atoms with Crippen LogP contribution in [0, 0.1) is 0 Å². The Morgan fingerprint density at radius 2 is 1.44 bits per heavy atom. The summed E-state index contributed by atoms with van der Waals surface area (Å²) in [7, 11) is -8.92. The lowest BCUT2D eigenvalue weighted by Gasteiger charge is -2.23. The molecule has 0 spiro atoms. The van der Waals surface area contributed by atoms with E-state index in [-0.39, 0.29) is 26.4 Å². The van der Waals surface area contributed by atoms with Crippen LogP contribution in [0.5, 0.6) is 0 Å². The highest BCUT2D eigenvalue weighted by molar-refractivity contribution is 8.11. The maximum atomic E-state index is 12.7. The van der Waals surface area contributed by atoms with Gasteiger partial charge in [0.05, 0.1) is 11.4 Å². The number of carbonyl (C=O) groups excluding carboxylic acids is 1. The Balaban J connectivity index is 1.92. The van der Waals surface area contributed by atoms with Gasteiger partial charge >= 0.3 is 0 Å². The molecule has 0 bridgehead atoms. The summed E-state index contributed by atoms with van der Waals surface area (Å²) in [5.41, 5.74) is 2.32. The van der Waals surface area contributed by atoms with Gasteiger partial charge in [0.2, 0.25) is 0 Å². The molecule has 1 amide bonds. The molecule has 0 saturated heterocycles. The first-order valence-corrected chi connectivity index (χ1v) is 14.9. The van der Waals surface area contributed by atoms with Crippen molar-refractivity contribution in [2.45, 2.75) is 26.2 Å². The number of anilines is 2. The van der Waals surface area contributed by atoms with Crippen LogP contribution in [0.4, 0.5) is 11.4 Å². The quantitative estimate of drug-likeness (QED) is 0.375. The van der Waals surface area contributed by atoms with E-state index in [0.29, 0.717) is 16.8 Å². The molecule has 0 radical (unpaired) electrons. The van der Waals surface area contributed by atoms with Gasteiger partial charge in [0.25, 0.3) is 26.0 Å². The van der Waals surface area contributed by atoms with Gasteiger partial charge in [-0.15, -0.1) is 23.2 Å². The van der Waals surface area contributed by atoms with Crippen LogP contribution in [-0.2, 0) is 25.5 Å². The topological polar surface area (TPSA) is 114 Å². The number of rotatable bonds is 8. The van der Waals surface area contributed by atoms with Crippen LogP contribution in [0.1, 0.15) is 36.7 Å². The van der Waals surface area contributed by atoms with Crippen LogP contribution in [-0.4, -0.2) is 38.2 Å². The largest absolute Gasteiger partial charge is 0.322 e. The summed E-state index contributed by atoms with van der Waals surface area (Å²) in [6.07, 6.45) is 1.39. The van der Waals surface area contributed by atoms with E-state index in [1.807, 2.05) is 24.3 Å². The molecule has 3 aromatic rings. The summed E-state index contributed by atoms with van der Waals surface area (Å²) in [5.74, 6) is -0.345. The monoisotopic (exact) mass is 569 g/mol. The first kappa shape index (κ1) is 27.9. The van der Waals surface area contributed by atoms with Gasteiger partial charge in [-0.05, 0) is 47.4 Å². The normalized spacial score (nSPS) is 12.2. The van der Waals surface area contributed by atoms with Crippen LogP contribution in [0.15, 0.2) is 66.9 Å². The SMILES string of the molecule is CC(C)(C)c1ccc(NC(=O)c2ccc(-c3ncccc3N(S(=O)(=O)CCl)S(=O)(=O)CCl)cc2)cc1. The Morgan fingerprint density at radius 1 is 0.889 bits per heavy atom. The molecule has 1 N–H and O–H groups in total. The van der Waals surface area contributed by atoms with Crippen molar-refractivity contribution in [3.05, 3.63) is 78.0 Å². The van der Waals surface area contributed by atoms with Gasteiger partial charge < -0.3 is 5.32 Å². The van der Waals surface area contributed by atoms with E-state index in [4.69, 9.17) is 23.2 Å². The Hall–Kier alpha value is -2.66. The molecule has 2 aromatic carbocycles. The minimum Gasteiger partial charge on any atom is -0.322 e. The summed E-state index contributed by atoms with van der Waals surface area (Å²) >= 11 is 11.1. The first-order valence-electron chi connectivity index (χ1n) is 10.7. The average Bonchev–Trinajstić information content (AvgIpc) is 2.84. The fourth-order valence-corrected chi connectivity index (χ4v) is 7.07. The average molecular weight is 571 g/mol. The van der Waals surface area contributed by atoms with Crippen molar-refractivity contribution < 1.29 is 21.6 Å². The van der Waals surface area contributed by atoms with Crippen LogP contribution in [0.2, 0.25) is 0 Å². The smallest absolute Gasteiger partial charge is 0.262 e. The van der Waals surface area contributed by atoms with Crippen LogP contribution >= 0.6 is 23.2 Å². The number of alkyl halides is 2. The second-order valence-electron chi connectivity index (χ2n) is 8.87. The Bertz CT molecular complexity index is 1420. The van der Waals surface area contributed by atoms with Crippen LogP contribution in [0.3, 0.4) is 0 Å². The predicted molar refractivity (Wildman–Crippen MR) is 145 cm³/mol. The highest BCUT2D eigenvalue weighted by Gasteiger charge is 2.35. The van der Waals surface area contributed by atoms with Gasteiger partial charge in [0.15, 0.2) is 0 Å². The fraction of sp³-hybridized carbons (Fsp3) is 0.250. The molecular weight excluding hydrogens is 545 g/mol. The highest BCUT2D eigenvalue weighted by Crippen LogP contribution is 2.33. The van der Waals surface area contributed by atoms with E-state index in [0.717, 1.165) is 5.56 Å². The number of halogens is 2. The highest BCUT2D eigenvalue weighted by atomic mass is 35.5. The minimum absolute atomic E-state index is 0.00945. The minimum atomic E-state index is -4.46. The van der Waals surface area contributed by atoms with Crippen molar-refractivity contribution in [3.8, 4) is 11.3 Å². The van der Waals surface area contributed by atoms with Crippen LogP contribution < -0.4 is 9.03 Å². The van der Waals surface area contributed by atoms with Crippen molar-refractivity contribution in [2.75, 3.05) is 19.5 Å². The fourth-order valence-electron chi connectivity index (χ4n) is 3.36. The lowest BCUT2D eigenvalue weighted by Crippen LogP contribution is -2.38. The Kier molecular flexibility index (Phi) is 8.34. The number of hydrogen-bond donors (Lipinski definition) is 1. The summed E-state index contributed by atoms with van der Waals surface area (Å²) in [5, 5.41) is 0.872. The summed E-state index contributed by atoms with van der Waals surface area (Å²) < 4.78 is 50.4. The molecule has 0 unspecified atom stereocenters. The van der Waals surface area contributed by atoms with Gasteiger partial charge in [0.1, 0.15) is 10.4 Å². The maximum Gasteiger partial charge on any atom is 0.262 e. The lowest BCUT2D eigenvalue weighted by atomic mass is 9.87. The third kappa shape index (κ3) is 6.18. The molecule has 0 aliphatic heterocycles. The number of aromatic nitrogens is 1. The maximum absolute atomic E-state index is 12.7. The summed E-state index contributed by atoms with van der Waals surface area (Å²) in [6.45, 7) is 6.31. The number of pyridine rings is 1. The molecule has 0 fully saturated rings. The number of benzene rings is 2. The van der Waals surface area contributed by atoms with Gasteiger partial charge in [-0.1, -0.05) is 45.0 Å². The third-order valence-corrected chi connectivity index (χ3v) is 10.2. The number of carbonyl (C=O) groups is 1. The number of hydrogen-bond acceptors (Lipinski definition) is 6. The van der Waals surface area contributed by atoms with Crippen molar-refractivity contribution >= 4 is 60.5 Å². The molecule has 0 aliphatic carbocycles. The zero-order chi connectivity index (χ0) is 26.7. The van der Waals surface area contributed by atoms with Crippen molar-refractivity contribution in [3.63, 3.8) is 0 Å². The van der Waals surface area contributed by atoms with Gasteiger partial charge in [-0.2, -0.15) is 3.71 Å². The number of sulfonamides is 2. The molecule has 12 heteroatoms. The zero-order valence-corrected chi connectivity index (χ0v) is 22.9. The molecule has 0 aliphatic rings. The molecular formula is C24H25Cl2N3O5S2. The second-order valence-corrected chi connectivity index (χ2v) is 13.9. The van der Waals surface area contributed by atoms with E-state index in [9.17, 15) is 21.6 Å². The third-order valence-electron chi connectivity index (χ3n) is 5.19. The number of nitrogens with one attached hydrogen (secondary N) is 1. The zero-order valence-electron chi connectivity index (χ0n) is 19.8.